The topological polar surface area (TPSA) is 38.3 Å². The smallest absolute Gasteiger partial charge is 0.408 e. The van der Waals surface area contributed by atoms with Crippen LogP contribution in [0, 0.1) is 13.8 Å². The third-order valence-corrected chi connectivity index (χ3v) is 2.76. The van der Waals surface area contributed by atoms with Crippen molar-refractivity contribution in [2.24, 2.45) is 0 Å². The summed E-state index contributed by atoms with van der Waals surface area (Å²) in [5.41, 5.74) is 3.10. The summed E-state index contributed by atoms with van der Waals surface area (Å²) >= 11 is 0. The fourth-order valence-corrected chi connectivity index (χ4v) is 1.60. The number of aryl methyl sites for hydroxylation is 2. The first-order valence-electron chi connectivity index (χ1n) is 6.26. The molecule has 0 fully saturated rings. The van der Waals surface area contributed by atoms with Crippen molar-refractivity contribution >= 4 is 6.09 Å². The monoisotopic (exact) mass is 249 g/mol. The van der Waals surface area contributed by atoms with Gasteiger partial charge in [-0.25, -0.2) is 4.79 Å². The molecule has 0 saturated carbocycles. The zero-order valence-corrected chi connectivity index (χ0v) is 12.1. The fourth-order valence-electron chi connectivity index (χ4n) is 1.60. The highest BCUT2D eigenvalue weighted by molar-refractivity contribution is 5.68. The van der Waals surface area contributed by atoms with E-state index in [4.69, 9.17) is 4.74 Å². The number of alkyl carbamates (subject to hydrolysis) is 1. The number of ether oxygens (including phenoxy) is 1. The summed E-state index contributed by atoms with van der Waals surface area (Å²) in [6, 6.07) is 6.14. The van der Waals surface area contributed by atoms with Crippen LogP contribution in [-0.2, 0) is 4.74 Å². The van der Waals surface area contributed by atoms with Crippen LogP contribution in [0.5, 0.6) is 0 Å². The summed E-state index contributed by atoms with van der Waals surface area (Å²) in [4.78, 5) is 11.7. The van der Waals surface area contributed by atoms with Crippen LogP contribution in [0.25, 0.3) is 0 Å². The Morgan fingerprint density at radius 2 is 1.83 bits per heavy atom. The lowest BCUT2D eigenvalue weighted by Gasteiger charge is -2.22. The van der Waals surface area contributed by atoms with Crippen molar-refractivity contribution in [3.63, 3.8) is 0 Å². The summed E-state index contributed by atoms with van der Waals surface area (Å²) < 4.78 is 5.23. The second-order valence-electron chi connectivity index (χ2n) is 5.71. The van der Waals surface area contributed by atoms with Crippen LogP contribution in [0.3, 0.4) is 0 Å². The Hall–Kier alpha value is -1.51. The van der Waals surface area contributed by atoms with Crippen molar-refractivity contribution in [1.29, 1.82) is 0 Å². The lowest BCUT2D eigenvalue weighted by Crippen LogP contribution is -2.34. The molecule has 100 valence electrons. The van der Waals surface area contributed by atoms with Crippen LogP contribution in [-0.4, -0.2) is 11.7 Å². The zero-order chi connectivity index (χ0) is 13.9. The number of hydrogen-bond acceptors (Lipinski definition) is 2. The highest BCUT2D eigenvalue weighted by Crippen LogP contribution is 2.17. The van der Waals surface area contributed by atoms with E-state index < -0.39 is 5.60 Å². The average Bonchev–Trinajstić information content (AvgIpc) is 2.18. The molecule has 3 heteroatoms. The van der Waals surface area contributed by atoms with Crippen LogP contribution < -0.4 is 5.32 Å². The molecule has 0 aliphatic heterocycles. The number of amides is 1. The van der Waals surface area contributed by atoms with Crippen LogP contribution in [0.1, 0.15) is 50.4 Å². The summed E-state index contributed by atoms with van der Waals surface area (Å²) in [5.74, 6) is 0. The number of rotatable bonds is 2. The number of nitrogens with one attached hydrogen (secondary N) is 1. The van der Waals surface area contributed by atoms with Gasteiger partial charge in [0, 0.05) is 0 Å². The summed E-state index contributed by atoms with van der Waals surface area (Å²) in [6.07, 6.45) is -0.381. The number of carbonyl (C=O) groups is 1. The Kier molecular flexibility index (Phi) is 4.38. The van der Waals surface area contributed by atoms with Crippen molar-refractivity contribution in [2.45, 2.75) is 53.2 Å². The van der Waals surface area contributed by atoms with Crippen molar-refractivity contribution in [1.82, 2.24) is 5.32 Å². The van der Waals surface area contributed by atoms with Crippen LogP contribution in [0.15, 0.2) is 18.2 Å². The SMILES string of the molecule is Cc1ccc([C@H](C)NC(=O)OC(C)(C)C)cc1C. The molecule has 0 unspecified atom stereocenters. The normalized spacial score (nSPS) is 13.0. The lowest BCUT2D eigenvalue weighted by atomic mass is 10.0. The predicted octanol–water partition coefficient (Wildman–Crippen LogP) is 3.89. The van der Waals surface area contributed by atoms with Gasteiger partial charge in [0.15, 0.2) is 0 Å². The van der Waals surface area contributed by atoms with Gasteiger partial charge in [0.05, 0.1) is 6.04 Å². The van der Waals surface area contributed by atoms with Gasteiger partial charge in [-0.3, -0.25) is 0 Å². The second kappa shape index (κ2) is 5.42. The maximum Gasteiger partial charge on any atom is 0.408 e. The first-order chi connectivity index (χ1) is 8.19. The Balaban J connectivity index is 2.68. The van der Waals surface area contributed by atoms with Crippen molar-refractivity contribution in [3.8, 4) is 0 Å². The standard InChI is InChI=1S/C15H23NO2/c1-10-7-8-13(9-11(10)2)12(3)16-14(17)18-15(4,5)6/h7-9,12H,1-6H3,(H,16,17)/t12-/m0/s1. The van der Waals surface area contributed by atoms with Crippen molar-refractivity contribution in [2.75, 3.05) is 0 Å². The lowest BCUT2D eigenvalue weighted by molar-refractivity contribution is 0.0508. The predicted molar refractivity (Wildman–Crippen MR) is 73.7 cm³/mol. The Labute approximate surface area is 110 Å². The molecule has 18 heavy (non-hydrogen) atoms. The van der Waals surface area contributed by atoms with Crippen LogP contribution in [0.2, 0.25) is 0 Å². The minimum atomic E-state index is -0.465. The van der Waals surface area contributed by atoms with Gasteiger partial charge in [-0.05, 0) is 58.2 Å². The van der Waals surface area contributed by atoms with Gasteiger partial charge in [-0.15, -0.1) is 0 Å². The number of benzene rings is 1. The molecule has 0 saturated heterocycles. The van der Waals surface area contributed by atoms with E-state index >= 15 is 0 Å². The molecule has 0 heterocycles. The molecule has 1 aromatic carbocycles. The fraction of sp³-hybridized carbons (Fsp3) is 0.533. The van der Waals surface area contributed by atoms with Gasteiger partial charge in [-0.2, -0.15) is 0 Å². The zero-order valence-electron chi connectivity index (χ0n) is 12.1. The molecule has 0 aliphatic rings. The van der Waals surface area contributed by atoms with Gasteiger partial charge in [0.1, 0.15) is 5.60 Å². The van der Waals surface area contributed by atoms with Gasteiger partial charge >= 0.3 is 6.09 Å². The van der Waals surface area contributed by atoms with E-state index in [1.165, 1.54) is 11.1 Å². The molecule has 3 nitrogen and oxygen atoms in total. The summed E-state index contributed by atoms with van der Waals surface area (Å²) in [7, 11) is 0. The molecule has 0 spiro atoms. The Morgan fingerprint density at radius 1 is 1.22 bits per heavy atom. The maximum absolute atomic E-state index is 11.7. The summed E-state index contributed by atoms with van der Waals surface area (Å²) in [6.45, 7) is 11.7. The summed E-state index contributed by atoms with van der Waals surface area (Å²) in [5, 5.41) is 2.84. The third-order valence-electron chi connectivity index (χ3n) is 2.76. The molecule has 0 radical (unpaired) electrons. The van der Waals surface area contributed by atoms with E-state index in [2.05, 4.69) is 31.3 Å². The Morgan fingerprint density at radius 3 is 2.33 bits per heavy atom. The minimum Gasteiger partial charge on any atom is -0.444 e. The molecule has 1 amide bonds. The Bertz CT molecular complexity index is 433. The average molecular weight is 249 g/mol. The number of hydrogen-bond donors (Lipinski definition) is 1. The van der Waals surface area contributed by atoms with E-state index in [0.717, 1.165) is 5.56 Å². The van der Waals surface area contributed by atoms with Crippen molar-refractivity contribution < 1.29 is 9.53 Å². The highest BCUT2D eigenvalue weighted by atomic mass is 16.6. The molecule has 0 bridgehead atoms. The third kappa shape index (κ3) is 4.40. The first-order valence-corrected chi connectivity index (χ1v) is 6.26. The molecule has 1 N–H and O–H groups in total. The van der Waals surface area contributed by atoms with Crippen LogP contribution in [0.4, 0.5) is 4.79 Å². The van der Waals surface area contributed by atoms with E-state index in [9.17, 15) is 4.79 Å². The molecule has 1 aromatic rings. The van der Waals surface area contributed by atoms with E-state index in [1.54, 1.807) is 0 Å². The van der Waals surface area contributed by atoms with Crippen LogP contribution >= 0.6 is 0 Å². The van der Waals surface area contributed by atoms with Gasteiger partial charge in [0.2, 0.25) is 0 Å². The second-order valence-corrected chi connectivity index (χ2v) is 5.71. The molecular weight excluding hydrogens is 226 g/mol. The van der Waals surface area contributed by atoms with E-state index in [0.29, 0.717) is 0 Å². The molecule has 0 aliphatic carbocycles. The van der Waals surface area contributed by atoms with E-state index in [1.807, 2.05) is 33.8 Å². The van der Waals surface area contributed by atoms with Crippen molar-refractivity contribution in [3.05, 3.63) is 34.9 Å². The van der Waals surface area contributed by atoms with E-state index in [-0.39, 0.29) is 12.1 Å². The van der Waals surface area contributed by atoms with Gasteiger partial charge in [-0.1, -0.05) is 18.2 Å². The van der Waals surface area contributed by atoms with Gasteiger partial charge in [0.25, 0.3) is 0 Å². The number of carbonyl (C=O) groups excluding carboxylic acids is 1. The highest BCUT2D eigenvalue weighted by Gasteiger charge is 2.18. The first kappa shape index (κ1) is 14.6. The maximum atomic E-state index is 11.7. The van der Waals surface area contributed by atoms with Gasteiger partial charge < -0.3 is 10.1 Å². The minimum absolute atomic E-state index is 0.0563. The molecule has 1 atom stereocenters. The largest absolute Gasteiger partial charge is 0.444 e. The quantitative estimate of drug-likeness (QED) is 0.863. The molecule has 0 aromatic heterocycles. The molecular formula is C15H23NO2. The molecule has 1 rings (SSSR count).